The Morgan fingerprint density at radius 2 is 0.790 bits per heavy atom. The Morgan fingerprint density at radius 3 is 1.13 bits per heavy atom. The highest BCUT2D eigenvalue weighted by atomic mass is 19.4. The Morgan fingerprint density at radius 1 is 0.476 bits per heavy atom. The predicted octanol–water partition coefficient (Wildman–Crippen LogP) is 10.2. The van der Waals surface area contributed by atoms with Crippen molar-refractivity contribution in [2.75, 3.05) is 30.4 Å². The molecule has 27 heteroatoms. The number of alkyl halides is 3. The lowest BCUT2D eigenvalue weighted by atomic mass is 9.81. The lowest BCUT2D eigenvalue weighted by Crippen LogP contribution is -2.48. The van der Waals surface area contributed by atoms with Gasteiger partial charge >= 0.3 is 6.18 Å². The van der Waals surface area contributed by atoms with Crippen LogP contribution in [0.1, 0.15) is 176 Å². The number of aliphatic hydroxyl groups excluding tert-OH is 1. The predicted molar refractivity (Wildman–Crippen MR) is 391 cm³/mol. The smallest absolute Gasteiger partial charge is 0.388 e. The van der Waals surface area contributed by atoms with Crippen LogP contribution in [0.4, 0.5) is 30.6 Å². The van der Waals surface area contributed by atoms with E-state index in [2.05, 4.69) is 31.2 Å². The number of ether oxygens (including phenoxy) is 1. The monoisotopic (exact) mass is 1430 g/mol. The molecular weight excluding hydrogens is 1350 g/mol. The molecule has 24 nitrogen and oxygen atoms in total. The molecule has 0 bridgehead atoms. The van der Waals surface area contributed by atoms with Crippen LogP contribution in [0.2, 0.25) is 0 Å². The van der Waals surface area contributed by atoms with Gasteiger partial charge in [0.15, 0.2) is 5.60 Å². The SMILES string of the molecule is Cc1ccccc1C(=O)NCc1ccc(-c2nn(C3CC(O)c4ccccc43)c(N)c2C(N)=O)cc1.Cc1ccccc1C(=O)NCc1ccc(-c2nn(C3CCC(O)(C(F)(F)F)CC3)c(N)c2C(N)=O)cc1.Cc1ccccc1C(=O)NCc1ccc(-c2nn(C3CCOCC3)c(N)c2C(N)=O)cc1. The quantitative estimate of drug-likeness (QED) is 0.0380. The summed E-state index contributed by atoms with van der Waals surface area (Å²) in [5, 5.41) is 43.0. The first-order valence-electron chi connectivity index (χ1n) is 34.2. The Hall–Kier alpha value is -11.9. The number of halogens is 3. The molecule has 544 valence electrons. The van der Waals surface area contributed by atoms with E-state index in [-0.39, 0.29) is 89.0 Å². The van der Waals surface area contributed by atoms with Gasteiger partial charge in [-0.25, -0.2) is 14.0 Å². The molecule has 7 aromatic carbocycles. The molecule has 2 unspecified atom stereocenters. The first kappa shape index (κ1) is 74.3. The van der Waals surface area contributed by atoms with E-state index in [1.165, 1.54) is 4.68 Å². The van der Waals surface area contributed by atoms with Gasteiger partial charge in [0.1, 0.15) is 51.2 Å². The lowest BCUT2D eigenvalue weighted by molar-refractivity contribution is -0.271. The molecule has 4 heterocycles. The molecule has 10 aromatic rings. The van der Waals surface area contributed by atoms with Gasteiger partial charge in [0.2, 0.25) is 0 Å². The number of aliphatic hydroxyl groups is 2. The maximum absolute atomic E-state index is 13.2. The minimum absolute atomic E-state index is 0.0148. The van der Waals surface area contributed by atoms with Crippen molar-refractivity contribution in [2.24, 2.45) is 17.2 Å². The molecular formula is C78H82F3N15O9. The zero-order valence-corrected chi connectivity index (χ0v) is 58.0. The van der Waals surface area contributed by atoms with Crippen LogP contribution in [-0.2, 0) is 24.4 Å². The van der Waals surface area contributed by atoms with Crippen LogP contribution in [0.5, 0.6) is 0 Å². The zero-order chi connectivity index (χ0) is 75.0. The number of hydrogen-bond acceptors (Lipinski definition) is 15. The number of benzene rings is 7. The van der Waals surface area contributed by atoms with E-state index in [0.29, 0.717) is 71.9 Å². The van der Waals surface area contributed by atoms with Crippen LogP contribution < -0.4 is 50.4 Å². The molecule has 1 aliphatic heterocycles. The van der Waals surface area contributed by atoms with E-state index in [0.717, 1.165) is 62.9 Å². The fraction of sp³-hybridized carbons (Fsp3) is 0.269. The van der Waals surface area contributed by atoms with Gasteiger partial charge in [-0.15, -0.1) is 0 Å². The number of hydrogen-bond donors (Lipinski definition) is 11. The van der Waals surface area contributed by atoms with Crippen molar-refractivity contribution in [3.8, 4) is 33.8 Å². The summed E-state index contributed by atoms with van der Waals surface area (Å²) in [7, 11) is 0. The highest BCUT2D eigenvalue weighted by Crippen LogP contribution is 2.47. The molecule has 3 aromatic heterocycles. The van der Waals surface area contributed by atoms with Crippen LogP contribution in [0.15, 0.2) is 170 Å². The summed E-state index contributed by atoms with van der Waals surface area (Å²) in [4.78, 5) is 74.1. The number of nitrogens with two attached hydrogens (primary N) is 6. The van der Waals surface area contributed by atoms with Crippen molar-refractivity contribution < 1.29 is 56.9 Å². The van der Waals surface area contributed by atoms with Crippen LogP contribution in [0.25, 0.3) is 33.8 Å². The fourth-order valence-electron chi connectivity index (χ4n) is 13.5. The van der Waals surface area contributed by atoms with E-state index < -0.39 is 54.5 Å². The number of nitrogen functional groups attached to an aromatic ring is 3. The van der Waals surface area contributed by atoms with Crippen LogP contribution >= 0.6 is 0 Å². The fourth-order valence-corrected chi connectivity index (χ4v) is 13.5. The number of amides is 6. The molecule has 17 N–H and O–H groups in total. The molecule has 2 aliphatic carbocycles. The van der Waals surface area contributed by atoms with Gasteiger partial charge in [0.25, 0.3) is 35.4 Å². The average molecular weight is 1430 g/mol. The number of nitrogens with zero attached hydrogens (tertiary/aromatic N) is 6. The number of carbonyl (C=O) groups is 6. The van der Waals surface area contributed by atoms with Gasteiger partial charge < -0.3 is 65.3 Å². The minimum Gasteiger partial charge on any atom is -0.388 e. The third-order valence-corrected chi connectivity index (χ3v) is 19.4. The minimum atomic E-state index is -4.72. The van der Waals surface area contributed by atoms with Crippen LogP contribution in [0, 0.1) is 20.8 Å². The van der Waals surface area contributed by atoms with Crippen LogP contribution in [-0.4, -0.2) is 100.0 Å². The van der Waals surface area contributed by atoms with E-state index in [1.54, 1.807) is 57.9 Å². The van der Waals surface area contributed by atoms with Gasteiger partial charge in [-0.1, -0.05) is 152 Å². The van der Waals surface area contributed by atoms with Crippen molar-refractivity contribution in [3.63, 3.8) is 0 Å². The second-order valence-corrected chi connectivity index (χ2v) is 26.3. The summed E-state index contributed by atoms with van der Waals surface area (Å²) in [5.74, 6) is -2.12. The molecule has 1 saturated heterocycles. The van der Waals surface area contributed by atoms with Crippen molar-refractivity contribution in [3.05, 3.63) is 248 Å². The zero-order valence-electron chi connectivity index (χ0n) is 58.0. The lowest BCUT2D eigenvalue weighted by Gasteiger charge is -2.37. The molecule has 13 rings (SSSR count). The summed E-state index contributed by atoms with van der Waals surface area (Å²) in [5.41, 5.74) is 45.3. The largest absolute Gasteiger partial charge is 0.417 e. The van der Waals surface area contributed by atoms with Crippen molar-refractivity contribution in [1.29, 1.82) is 0 Å². The summed E-state index contributed by atoms with van der Waals surface area (Å²) in [6.45, 7) is 7.94. The Kier molecular flexibility index (Phi) is 22.5. The molecule has 2 fully saturated rings. The Bertz CT molecular complexity index is 4860. The summed E-state index contributed by atoms with van der Waals surface area (Å²) < 4.78 is 49.6. The molecule has 3 aliphatic rings. The van der Waals surface area contributed by atoms with Crippen molar-refractivity contribution >= 4 is 52.9 Å². The average Bonchev–Trinajstić information content (AvgIpc) is 1.65. The number of nitrogens with one attached hydrogen (secondary N) is 3. The molecule has 0 radical (unpaired) electrons. The standard InChI is InChI=1S/C28H27N5O3.C26H28F3N5O3.C24H27N5O3/c1-16-6-2-3-7-19(16)28(36)31-15-17-10-12-18(13-11-17)25-24(27(30)35)26(29)33(32-25)22-14-23(34)21-9-5-4-8-20(21)22;1-15-4-2-3-5-19(15)24(36)32-14-16-6-8-17(9-7-16)21-20(23(31)35)22(30)34(33-21)18-10-12-25(37,13-11-18)26(27,28)29;1-15-4-2-3-5-19(15)24(31)27-14-16-6-8-17(9-7-16)21-20(23(26)30)22(25)29(28-21)18-10-12-32-13-11-18/h2-13,22-23,34H,14-15,29H2,1H3,(H2,30,35)(H,31,36);2-9,18,37H,10-14,30H2,1H3,(H2,31,35)(H,32,36);2-9,18H,10-14,25H2,1H3,(H2,26,30)(H,27,31). The highest BCUT2D eigenvalue weighted by Gasteiger charge is 2.55. The normalized spacial score (nSPS) is 17.0. The Balaban J connectivity index is 0.000000158. The maximum Gasteiger partial charge on any atom is 0.417 e. The second-order valence-electron chi connectivity index (χ2n) is 26.3. The van der Waals surface area contributed by atoms with Gasteiger partial charge in [-0.2, -0.15) is 28.5 Å². The third-order valence-electron chi connectivity index (χ3n) is 19.4. The summed E-state index contributed by atoms with van der Waals surface area (Å²) >= 11 is 0. The first-order chi connectivity index (χ1) is 50.2. The summed E-state index contributed by atoms with van der Waals surface area (Å²) in [6, 6.07) is 50.8. The summed E-state index contributed by atoms with van der Waals surface area (Å²) in [6.07, 6.45) is -4.41. The van der Waals surface area contributed by atoms with E-state index in [1.807, 2.05) is 142 Å². The highest BCUT2D eigenvalue weighted by molar-refractivity contribution is 6.05. The number of carbonyl (C=O) groups excluding carboxylic acids is 6. The molecule has 0 spiro atoms. The molecule has 2 atom stereocenters. The van der Waals surface area contributed by atoms with Gasteiger partial charge in [-0.3, -0.25) is 28.8 Å². The second kappa shape index (κ2) is 31.7. The molecule has 1 saturated carbocycles. The number of rotatable bonds is 18. The maximum atomic E-state index is 13.2. The van der Waals surface area contributed by atoms with Gasteiger partial charge in [0, 0.05) is 72.6 Å². The molecule has 105 heavy (non-hydrogen) atoms. The molecule has 6 amide bonds. The number of primary amides is 3. The van der Waals surface area contributed by atoms with E-state index >= 15 is 0 Å². The van der Waals surface area contributed by atoms with E-state index in [9.17, 15) is 52.2 Å². The van der Waals surface area contributed by atoms with Crippen LogP contribution in [0.3, 0.4) is 0 Å². The first-order valence-corrected chi connectivity index (χ1v) is 34.2. The third kappa shape index (κ3) is 16.3. The topological polar surface area (TPSA) is 398 Å². The Labute approximate surface area is 602 Å². The number of aryl methyl sites for hydroxylation is 3. The van der Waals surface area contributed by atoms with E-state index in [4.69, 9.17) is 39.1 Å². The number of aromatic nitrogens is 6. The van der Waals surface area contributed by atoms with Gasteiger partial charge in [0.05, 0.1) is 24.2 Å². The van der Waals surface area contributed by atoms with Gasteiger partial charge in [-0.05, 0) is 122 Å². The number of fused-ring (bicyclic) bond motifs is 1. The van der Waals surface area contributed by atoms with Crippen molar-refractivity contribution in [2.45, 2.75) is 121 Å². The van der Waals surface area contributed by atoms with Crippen molar-refractivity contribution in [1.82, 2.24) is 45.3 Å². The number of anilines is 3.